The van der Waals surface area contributed by atoms with Crippen molar-refractivity contribution in [3.8, 4) is 11.5 Å². The minimum atomic E-state index is -0.437. The number of aromatic amines is 1. The van der Waals surface area contributed by atoms with E-state index in [4.69, 9.17) is 21.1 Å². The van der Waals surface area contributed by atoms with Gasteiger partial charge in [0, 0.05) is 10.9 Å². The second-order valence-corrected chi connectivity index (χ2v) is 4.83. The number of para-hydroxylation sites is 1. The van der Waals surface area contributed by atoms with Crippen molar-refractivity contribution in [1.29, 1.82) is 0 Å². The van der Waals surface area contributed by atoms with Crippen molar-refractivity contribution in [3.63, 3.8) is 0 Å². The molecule has 0 saturated carbocycles. The maximum Gasteiger partial charge on any atom is 0.354 e. The SMILES string of the molecule is COC(=O)c1cc2c(Oc3ccccc3)c(Cl)ccc2[nH]1. The van der Waals surface area contributed by atoms with Crippen molar-refractivity contribution in [2.24, 2.45) is 0 Å². The van der Waals surface area contributed by atoms with Gasteiger partial charge in [-0.25, -0.2) is 4.79 Å². The first-order valence-corrected chi connectivity index (χ1v) is 6.69. The monoisotopic (exact) mass is 301 g/mol. The normalized spacial score (nSPS) is 10.6. The number of H-pyrrole nitrogens is 1. The van der Waals surface area contributed by atoms with Gasteiger partial charge >= 0.3 is 5.97 Å². The summed E-state index contributed by atoms with van der Waals surface area (Å²) in [4.78, 5) is 14.6. The molecule has 0 fully saturated rings. The van der Waals surface area contributed by atoms with Crippen LogP contribution in [-0.2, 0) is 4.74 Å². The number of esters is 1. The van der Waals surface area contributed by atoms with Crippen LogP contribution in [0.5, 0.6) is 11.5 Å². The Kier molecular flexibility index (Phi) is 3.54. The fraction of sp³-hybridized carbons (Fsp3) is 0.0625. The van der Waals surface area contributed by atoms with E-state index in [-0.39, 0.29) is 0 Å². The number of carbonyl (C=O) groups is 1. The third-order valence-corrected chi connectivity index (χ3v) is 3.37. The standard InChI is InChI=1S/C16H12ClNO3/c1-20-16(19)14-9-11-13(18-14)8-7-12(17)15(11)21-10-5-3-2-4-6-10/h2-9,18H,1H3. The van der Waals surface area contributed by atoms with Crippen LogP contribution in [0.2, 0.25) is 5.02 Å². The average Bonchev–Trinajstić information content (AvgIpc) is 2.95. The molecule has 1 aromatic heterocycles. The zero-order valence-corrected chi connectivity index (χ0v) is 12.0. The molecule has 3 rings (SSSR count). The Bertz CT molecular complexity index is 796. The van der Waals surface area contributed by atoms with Gasteiger partial charge in [-0.2, -0.15) is 0 Å². The Morgan fingerprint density at radius 2 is 1.90 bits per heavy atom. The summed E-state index contributed by atoms with van der Waals surface area (Å²) in [5.41, 5.74) is 1.11. The summed E-state index contributed by atoms with van der Waals surface area (Å²) in [6.45, 7) is 0. The number of ether oxygens (including phenoxy) is 2. The highest BCUT2D eigenvalue weighted by molar-refractivity contribution is 6.33. The van der Waals surface area contributed by atoms with E-state index in [0.717, 1.165) is 10.9 Å². The van der Waals surface area contributed by atoms with Crippen LogP contribution in [0.1, 0.15) is 10.5 Å². The number of aromatic nitrogens is 1. The van der Waals surface area contributed by atoms with Crippen LogP contribution >= 0.6 is 11.6 Å². The largest absolute Gasteiger partial charge is 0.464 e. The molecule has 1 heterocycles. The summed E-state index contributed by atoms with van der Waals surface area (Å²) in [5.74, 6) is 0.743. The van der Waals surface area contributed by atoms with Crippen molar-refractivity contribution in [1.82, 2.24) is 4.98 Å². The fourth-order valence-corrected chi connectivity index (χ4v) is 2.28. The van der Waals surface area contributed by atoms with E-state index in [9.17, 15) is 4.79 Å². The molecule has 0 radical (unpaired) electrons. The molecule has 5 heteroatoms. The van der Waals surface area contributed by atoms with Gasteiger partial charge in [-0.05, 0) is 30.3 Å². The first kappa shape index (κ1) is 13.5. The Morgan fingerprint density at radius 3 is 2.62 bits per heavy atom. The number of nitrogens with one attached hydrogen (secondary N) is 1. The molecule has 0 aliphatic carbocycles. The third-order valence-electron chi connectivity index (χ3n) is 3.07. The lowest BCUT2D eigenvalue weighted by molar-refractivity contribution is 0.0595. The number of fused-ring (bicyclic) bond motifs is 1. The van der Waals surface area contributed by atoms with Gasteiger partial charge in [-0.1, -0.05) is 29.8 Å². The van der Waals surface area contributed by atoms with Gasteiger partial charge in [0.15, 0.2) is 5.75 Å². The maximum absolute atomic E-state index is 11.6. The molecule has 0 aliphatic rings. The van der Waals surface area contributed by atoms with Crippen molar-refractivity contribution in [3.05, 3.63) is 59.2 Å². The number of benzene rings is 2. The maximum atomic E-state index is 11.6. The lowest BCUT2D eigenvalue weighted by atomic mass is 10.2. The smallest absolute Gasteiger partial charge is 0.354 e. The zero-order valence-electron chi connectivity index (χ0n) is 11.2. The summed E-state index contributed by atoms with van der Waals surface area (Å²) in [7, 11) is 1.34. The summed E-state index contributed by atoms with van der Waals surface area (Å²) >= 11 is 6.22. The summed E-state index contributed by atoms with van der Waals surface area (Å²) in [5, 5.41) is 1.20. The van der Waals surface area contributed by atoms with E-state index < -0.39 is 5.97 Å². The summed E-state index contributed by atoms with van der Waals surface area (Å²) in [6.07, 6.45) is 0. The van der Waals surface area contributed by atoms with Crippen LogP contribution in [0, 0.1) is 0 Å². The predicted molar refractivity (Wildman–Crippen MR) is 81.2 cm³/mol. The number of rotatable bonds is 3. The first-order chi connectivity index (χ1) is 10.2. The number of hydrogen-bond donors (Lipinski definition) is 1. The van der Waals surface area contributed by atoms with Crippen LogP contribution in [-0.4, -0.2) is 18.1 Å². The number of halogens is 1. The van der Waals surface area contributed by atoms with Gasteiger partial charge in [0.1, 0.15) is 11.4 Å². The van der Waals surface area contributed by atoms with Gasteiger partial charge in [0.2, 0.25) is 0 Å². The van der Waals surface area contributed by atoms with Crippen molar-refractivity contribution >= 4 is 28.5 Å². The third kappa shape index (κ3) is 2.58. The molecule has 0 amide bonds. The Morgan fingerprint density at radius 1 is 1.14 bits per heavy atom. The molecule has 0 atom stereocenters. The molecule has 4 nitrogen and oxygen atoms in total. The molecule has 0 saturated heterocycles. The van der Waals surface area contributed by atoms with Crippen molar-refractivity contribution < 1.29 is 14.3 Å². The molecule has 0 bridgehead atoms. The van der Waals surface area contributed by atoms with Crippen LogP contribution in [0.4, 0.5) is 0 Å². The first-order valence-electron chi connectivity index (χ1n) is 6.31. The molecular weight excluding hydrogens is 290 g/mol. The van der Waals surface area contributed by atoms with Gasteiger partial charge in [0.25, 0.3) is 0 Å². The topological polar surface area (TPSA) is 51.3 Å². The van der Waals surface area contributed by atoms with Crippen molar-refractivity contribution in [2.45, 2.75) is 0 Å². The molecule has 0 spiro atoms. The highest BCUT2D eigenvalue weighted by atomic mass is 35.5. The minimum Gasteiger partial charge on any atom is -0.464 e. The van der Waals surface area contributed by atoms with Crippen LogP contribution in [0.15, 0.2) is 48.5 Å². The summed E-state index contributed by atoms with van der Waals surface area (Å²) < 4.78 is 10.6. The fourth-order valence-electron chi connectivity index (χ4n) is 2.08. The molecule has 0 unspecified atom stereocenters. The second kappa shape index (κ2) is 5.50. The van der Waals surface area contributed by atoms with E-state index in [1.54, 1.807) is 18.2 Å². The average molecular weight is 302 g/mol. The second-order valence-electron chi connectivity index (χ2n) is 4.43. The van der Waals surface area contributed by atoms with E-state index >= 15 is 0 Å². The Balaban J connectivity index is 2.10. The van der Waals surface area contributed by atoms with Crippen LogP contribution in [0.3, 0.4) is 0 Å². The molecule has 21 heavy (non-hydrogen) atoms. The molecule has 3 aromatic rings. The van der Waals surface area contributed by atoms with E-state index in [2.05, 4.69) is 4.98 Å². The zero-order chi connectivity index (χ0) is 14.8. The van der Waals surface area contributed by atoms with Crippen LogP contribution in [0.25, 0.3) is 10.9 Å². The molecule has 106 valence electrons. The Hall–Kier alpha value is -2.46. The highest BCUT2D eigenvalue weighted by Crippen LogP contribution is 2.37. The molecular formula is C16H12ClNO3. The van der Waals surface area contributed by atoms with E-state index in [0.29, 0.717) is 22.2 Å². The van der Waals surface area contributed by atoms with Crippen molar-refractivity contribution in [2.75, 3.05) is 7.11 Å². The minimum absolute atomic E-state index is 0.354. The Labute approximate surface area is 126 Å². The van der Waals surface area contributed by atoms with Gasteiger partial charge in [-0.15, -0.1) is 0 Å². The molecule has 1 N–H and O–H groups in total. The van der Waals surface area contributed by atoms with Gasteiger partial charge < -0.3 is 14.5 Å². The highest BCUT2D eigenvalue weighted by Gasteiger charge is 2.15. The number of methoxy groups -OCH3 is 1. The van der Waals surface area contributed by atoms with E-state index in [1.807, 2.05) is 30.3 Å². The predicted octanol–water partition coefficient (Wildman–Crippen LogP) is 4.40. The van der Waals surface area contributed by atoms with Gasteiger partial charge in [0.05, 0.1) is 12.1 Å². The summed E-state index contributed by atoms with van der Waals surface area (Å²) in [6, 6.07) is 14.5. The number of carbonyl (C=O) groups excluding carboxylic acids is 1. The lowest BCUT2D eigenvalue weighted by Gasteiger charge is -2.08. The molecule has 0 aliphatic heterocycles. The van der Waals surface area contributed by atoms with Crippen LogP contribution < -0.4 is 4.74 Å². The van der Waals surface area contributed by atoms with Gasteiger partial charge in [-0.3, -0.25) is 0 Å². The molecule has 2 aromatic carbocycles. The van der Waals surface area contributed by atoms with E-state index in [1.165, 1.54) is 7.11 Å². The number of hydrogen-bond acceptors (Lipinski definition) is 3. The lowest BCUT2D eigenvalue weighted by Crippen LogP contribution is -2.00. The quantitative estimate of drug-likeness (QED) is 0.729.